The molecule has 15 heteroatoms. The lowest BCUT2D eigenvalue weighted by atomic mass is 10.1. The van der Waals surface area contributed by atoms with Gasteiger partial charge in [0.05, 0.1) is 42.4 Å². The van der Waals surface area contributed by atoms with Crippen LogP contribution in [0.25, 0.3) is 16.9 Å². The van der Waals surface area contributed by atoms with Gasteiger partial charge < -0.3 is 19.7 Å². The van der Waals surface area contributed by atoms with Crippen molar-refractivity contribution < 1.29 is 24.0 Å². The van der Waals surface area contributed by atoms with Gasteiger partial charge in [0.1, 0.15) is 29.6 Å². The molecule has 3 aromatic carbocycles. The molecule has 0 saturated carbocycles. The molecule has 15 nitrogen and oxygen atoms in total. The van der Waals surface area contributed by atoms with Crippen molar-refractivity contribution in [2.24, 2.45) is 10.2 Å². The Kier molecular flexibility index (Phi) is 10.7. The lowest BCUT2D eigenvalue weighted by Crippen LogP contribution is -2.29. The van der Waals surface area contributed by atoms with Crippen molar-refractivity contribution >= 4 is 40.6 Å². The highest BCUT2D eigenvalue weighted by Crippen LogP contribution is 2.36. The number of nitriles is 2. The van der Waals surface area contributed by atoms with Crippen LogP contribution in [0.1, 0.15) is 18.9 Å². The van der Waals surface area contributed by atoms with E-state index in [0.29, 0.717) is 29.2 Å². The van der Waals surface area contributed by atoms with Crippen LogP contribution in [0.5, 0.6) is 0 Å². The summed E-state index contributed by atoms with van der Waals surface area (Å²) in [7, 11) is 1.20. The zero-order chi connectivity index (χ0) is 33.1. The number of hydrogen-bond donors (Lipinski definition) is 1. The van der Waals surface area contributed by atoms with Crippen molar-refractivity contribution in [3.8, 4) is 29.1 Å². The Labute approximate surface area is 263 Å². The monoisotopic (exact) mass is 621 g/mol. The van der Waals surface area contributed by atoms with Crippen LogP contribution in [0.2, 0.25) is 0 Å². The maximum Gasteiger partial charge on any atom is 0.508 e. The molecule has 0 spiro atoms. The average Bonchev–Trinajstić information content (AvgIpc) is 3.44. The van der Waals surface area contributed by atoms with Crippen molar-refractivity contribution in [3.63, 3.8) is 0 Å². The molecule has 0 atom stereocenters. The van der Waals surface area contributed by atoms with E-state index in [-0.39, 0.29) is 53.9 Å². The van der Waals surface area contributed by atoms with Crippen molar-refractivity contribution in [2.75, 3.05) is 37.0 Å². The fraction of sp³-hybridized carbons (Fsp3) is 0.194. The second-order valence-corrected chi connectivity index (χ2v) is 9.49. The van der Waals surface area contributed by atoms with Gasteiger partial charge in [0.15, 0.2) is 5.82 Å². The highest BCUT2D eigenvalue weighted by Gasteiger charge is 2.21. The van der Waals surface area contributed by atoms with Gasteiger partial charge in [-0.1, -0.05) is 30.3 Å². The number of carbonyl (C=O) groups excluding carboxylic acids is 2. The average molecular weight is 622 g/mol. The Morgan fingerprint density at radius 3 is 2.43 bits per heavy atom. The molecule has 46 heavy (non-hydrogen) atoms. The minimum absolute atomic E-state index is 0.0116. The number of ether oxygens (including phenoxy) is 2. The first-order valence-corrected chi connectivity index (χ1v) is 13.7. The van der Waals surface area contributed by atoms with E-state index >= 15 is 0 Å². The van der Waals surface area contributed by atoms with Crippen molar-refractivity contribution in [3.05, 3.63) is 88.5 Å². The number of amides is 1. The van der Waals surface area contributed by atoms with Gasteiger partial charge in [0, 0.05) is 36.9 Å². The van der Waals surface area contributed by atoms with Crippen LogP contribution < -0.4 is 10.2 Å². The van der Waals surface area contributed by atoms with Crippen molar-refractivity contribution in [1.82, 2.24) is 9.78 Å². The lowest BCUT2D eigenvalue weighted by molar-refractivity contribution is -0.384. The van der Waals surface area contributed by atoms with Crippen LogP contribution >= 0.6 is 0 Å². The minimum Gasteiger partial charge on any atom is -0.438 e. The topological polar surface area (TPSA) is 201 Å². The summed E-state index contributed by atoms with van der Waals surface area (Å²) in [5.41, 5.74) is 2.50. The van der Waals surface area contributed by atoms with E-state index in [1.807, 2.05) is 6.07 Å². The number of aromatic nitrogens is 2. The number of azo groups is 1. The Morgan fingerprint density at radius 2 is 1.80 bits per heavy atom. The molecule has 4 rings (SSSR count). The number of nitrogens with one attached hydrogen (secondary N) is 1. The first kappa shape index (κ1) is 32.3. The van der Waals surface area contributed by atoms with Gasteiger partial charge >= 0.3 is 6.16 Å². The molecule has 232 valence electrons. The van der Waals surface area contributed by atoms with Gasteiger partial charge in [-0.05, 0) is 30.3 Å². The Bertz CT molecular complexity index is 1840. The molecule has 0 fully saturated rings. The van der Waals surface area contributed by atoms with Crippen LogP contribution in [0.4, 0.5) is 33.4 Å². The normalized spacial score (nSPS) is 10.5. The van der Waals surface area contributed by atoms with Gasteiger partial charge in [-0.2, -0.15) is 15.6 Å². The van der Waals surface area contributed by atoms with Gasteiger partial charge in [-0.15, -0.1) is 10.2 Å². The van der Waals surface area contributed by atoms with Gasteiger partial charge in [0.25, 0.3) is 5.69 Å². The molecular formula is C31H27N9O6. The molecule has 1 heterocycles. The largest absolute Gasteiger partial charge is 0.508 e. The van der Waals surface area contributed by atoms with Gasteiger partial charge in [-0.3, -0.25) is 14.9 Å². The summed E-state index contributed by atoms with van der Waals surface area (Å²) in [5, 5.41) is 46.6. The van der Waals surface area contributed by atoms with Crippen LogP contribution in [-0.4, -0.2) is 53.6 Å². The van der Waals surface area contributed by atoms with E-state index in [1.165, 1.54) is 43.0 Å². The van der Waals surface area contributed by atoms with Crippen LogP contribution in [0, 0.1) is 32.8 Å². The summed E-state index contributed by atoms with van der Waals surface area (Å²) >= 11 is 0. The summed E-state index contributed by atoms with van der Waals surface area (Å²) in [4.78, 5) is 36.0. The van der Waals surface area contributed by atoms with Gasteiger partial charge in [-0.25, -0.2) is 9.48 Å². The van der Waals surface area contributed by atoms with Crippen molar-refractivity contribution in [1.29, 1.82) is 10.5 Å². The molecular weight excluding hydrogens is 594 g/mol. The predicted molar refractivity (Wildman–Crippen MR) is 166 cm³/mol. The van der Waals surface area contributed by atoms with E-state index in [2.05, 4.69) is 37.5 Å². The number of nitro benzene ring substituents is 1. The molecule has 1 aromatic heterocycles. The number of nitro groups is 1. The second-order valence-electron chi connectivity index (χ2n) is 9.49. The van der Waals surface area contributed by atoms with E-state index in [9.17, 15) is 25.0 Å². The summed E-state index contributed by atoms with van der Waals surface area (Å²) in [6.45, 7) is 1.86. The summed E-state index contributed by atoms with van der Waals surface area (Å²) in [5.74, 6) is -0.324. The number of non-ortho nitro benzene ring substituents is 1. The first-order valence-electron chi connectivity index (χ1n) is 13.7. The number of methoxy groups -OCH3 is 1. The van der Waals surface area contributed by atoms with Gasteiger partial charge in [0.2, 0.25) is 5.91 Å². The maximum atomic E-state index is 12.1. The smallest absolute Gasteiger partial charge is 0.438 e. The Morgan fingerprint density at radius 1 is 1.07 bits per heavy atom. The summed E-state index contributed by atoms with van der Waals surface area (Å²) in [6.07, 6.45) is -0.655. The molecule has 1 amide bonds. The SMILES string of the molecule is COC(=O)OCCN(CCC#N)c1ccc(N=Nc2c(C#N)c(-c3ccccc3)nn2-c2ccc([N+](=O)[O-])cc2)c(NC(C)=O)c1. The van der Waals surface area contributed by atoms with Crippen LogP contribution in [0.3, 0.4) is 0 Å². The number of carbonyl (C=O) groups is 2. The van der Waals surface area contributed by atoms with Crippen LogP contribution in [0.15, 0.2) is 83.0 Å². The number of anilines is 2. The zero-order valence-electron chi connectivity index (χ0n) is 24.8. The number of rotatable bonds is 12. The molecule has 0 unspecified atom stereocenters. The quantitative estimate of drug-likeness (QED) is 0.0821. The zero-order valence-corrected chi connectivity index (χ0v) is 24.8. The molecule has 0 aliphatic rings. The maximum absolute atomic E-state index is 12.1. The Hall–Kier alpha value is -6.61. The second kappa shape index (κ2) is 15.2. The standard InChI is InChI=1S/C31H27N9O6/c1-21(41)34-28-19-25(38(16-6-15-32)17-18-46-31(42)45-2)13-14-27(28)35-36-30-26(20-33)29(22-7-4-3-5-8-22)37-39(30)23-9-11-24(12-10-23)40(43)44/h3-5,7-14,19H,6,16-18H2,1-2H3,(H,34,41). The molecule has 1 N–H and O–H groups in total. The molecule has 0 saturated heterocycles. The Balaban J connectivity index is 1.78. The highest BCUT2D eigenvalue weighted by molar-refractivity contribution is 5.93. The fourth-order valence-electron chi connectivity index (χ4n) is 4.35. The van der Waals surface area contributed by atoms with Crippen LogP contribution in [-0.2, 0) is 14.3 Å². The third kappa shape index (κ3) is 7.86. The predicted octanol–water partition coefficient (Wildman–Crippen LogP) is 6.20. The summed E-state index contributed by atoms with van der Waals surface area (Å²) < 4.78 is 10.9. The number of nitrogens with zero attached hydrogens (tertiary/aromatic N) is 8. The fourth-order valence-corrected chi connectivity index (χ4v) is 4.35. The number of hydrogen-bond acceptors (Lipinski definition) is 12. The van der Waals surface area contributed by atoms with E-state index < -0.39 is 11.1 Å². The minimum atomic E-state index is -0.838. The molecule has 0 aliphatic carbocycles. The van der Waals surface area contributed by atoms with E-state index in [0.717, 1.165) is 0 Å². The third-order valence-electron chi connectivity index (χ3n) is 6.47. The summed E-state index contributed by atoms with van der Waals surface area (Å²) in [6, 6.07) is 23.7. The van der Waals surface area contributed by atoms with Crippen molar-refractivity contribution in [2.45, 2.75) is 13.3 Å². The first-order chi connectivity index (χ1) is 22.2. The van der Waals surface area contributed by atoms with E-state index in [1.54, 1.807) is 47.4 Å². The number of benzene rings is 3. The molecule has 0 radical (unpaired) electrons. The molecule has 0 aliphatic heterocycles. The third-order valence-corrected chi connectivity index (χ3v) is 6.47. The van der Waals surface area contributed by atoms with E-state index in [4.69, 9.17) is 10.00 Å². The highest BCUT2D eigenvalue weighted by atomic mass is 16.7. The molecule has 0 bridgehead atoms. The molecule has 4 aromatic rings. The lowest BCUT2D eigenvalue weighted by Gasteiger charge is -2.24.